The third-order valence-electron chi connectivity index (χ3n) is 12.3. The highest BCUT2D eigenvalue weighted by Crippen LogP contribution is 2.66. The van der Waals surface area contributed by atoms with Gasteiger partial charge in [0.05, 0.1) is 6.61 Å². The minimum absolute atomic E-state index is 0.0410. The van der Waals surface area contributed by atoms with Gasteiger partial charge in [0.15, 0.2) is 0 Å². The minimum atomic E-state index is -6.86. The van der Waals surface area contributed by atoms with E-state index in [2.05, 4.69) is 11.7 Å². The Labute approximate surface area is 280 Å². The summed E-state index contributed by atoms with van der Waals surface area (Å²) in [6.07, 6.45) is -10.5. The Hall–Kier alpha value is -2.56. The molecule has 49 heavy (non-hydrogen) atoms. The second-order valence-corrected chi connectivity index (χ2v) is 16.4. The van der Waals surface area contributed by atoms with Gasteiger partial charge in [0.25, 0.3) is 10.1 Å². The van der Waals surface area contributed by atoms with Gasteiger partial charge in [-0.1, -0.05) is 20.8 Å². The largest absolute Gasteiger partial charge is 0.466 e. The molecule has 278 valence electrons. The smallest absolute Gasteiger partial charge is 0.423 e. The molecule has 0 spiro atoms. The van der Waals surface area contributed by atoms with Gasteiger partial charge in [-0.25, -0.2) is 0 Å². The van der Waals surface area contributed by atoms with E-state index in [0.717, 1.165) is 0 Å². The highest BCUT2D eigenvalue weighted by atomic mass is 32.2. The molecule has 0 aromatic carbocycles. The number of Topliss-reactive ketones (excluding diaryl/α,β-unsaturated/α-hetero) is 3. The number of hydrogen-bond donors (Lipinski definition) is 1. The molecule has 4 fully saturated rings. The van der Waals surface area contributed by atoms with E-state index in [1.54, 1.807) is 0 Å². The Morgan fingerprint density at radius 2 is 1.53 bits per heavy atom. The lowest BCUT2D eigenvalue weighted by Gasteiger charge is -2.58. The number of fused-ring (bicyclic) bond motifs is 5. The summed E-state index contributed by atoms with van der Waals surface area (Å²) in [5, 5.41) is 0. The molecule has 4 rings (SSSR count). The van der Waals surface area contributed by atoms with Gasteiger partial charge in [-0.2, -0.15) is 34.8 Å². The van der Waals surface area contributed by atoms with E-state index in [1.165, 1.54) is 0 Å². The van der Waals surface area contributed by atoms with Gasteiger partial charge in [0, 0.05) is 49.9 Å². The van der Waals surface area contributed by atoms with Crippen LogP contribution in [0.25, 0.3) is 0 Å². The number of alkyl halides is 6. The molecule has 0 saturated heterocycles. The lowest BCUT2D eigenvalue weighted by atomic mass is 9.44. The van der Waals surface area contributed by atoms with Crippen LogP contribution >= 0.6 is 0 Å². The third-order valence-corrected chi connectivity index (χ3v) is 13.8. The first kappa shape index (κ1) is 39.2. The van der Waals surface area contributed by atoms with Crippen LogP contribution in [0.1, 0.15) is 91.4 Å². The van der Waals surface area contributed by atoms with Crippen molar-refractivity contribution in [2.24, 2.45) is 46.3 Å². The van der Waals surface area contributed by atoms with Crippen molar-refractivity contribution in [1.82, 2.24) is 0 Å². The molecule has 17 heteroatoms. The van der Waals surface area contributed by atoms with Crippen molar-refractivity contribution in [1.29, 1.82) is 0 Å². The molecule has 0 radical (unpaired) electrons. The Morgan fingerprint density at radius 1 is 0.918 bits per heavy atom. The molecule has 0 amide bonds. The average Bonchev–Trinajstić information content (AvgIpc) is 3.32. The molecule has 4 aliphatic carbocycles. The predicted octanol–water partition coefficient (Wildman–Crippen LogP) is 5.61. The van der Waals surface area contributed by atoms with Crippen LogP contribution in [-0.2, 0) is 43.6 Å². The van der Waals surface area contributed by atoms with Crippen molar-refractivity contribution in [3.8, 4) is 0 Å². The maximum absolute atomic E-state index is 13.9. The predicted molar refractivity (Wildman–Crippen MR) is 157 cm³/mol. The molecule has 1 N–H and O–H groups in total. The van der Waals surface area contributed by atoms with E-state index < -0.39 is 64.2 Å². The van der Waals surface area contributed by atoms with Crippen LogP contribution in [0.3, 0.4) is 0 Å². The molecule has 8 unspecified atom stereocenters. The molecule has 4 saturated carbocycles. The number of esters is 2. The highest BCUT2D eigenvalue weighted by Gasteiger charge is 2.79. The van der Waals surface area contributed by atoms with Gasteiger partial charge in [-0.05, 0) is 67.1 Å². The maximum atomic E-state index is 13.9. The van der Waals surface area contributed by atoms with Crippen LogP contribution < -0.4 is 0 Å². The average molecular weight is 733 g/mol. The molecule has 0 aromatic rings. The monoisotopic (exact) mass is 732 g/mol. The van der Waals surface area contributed by atoms with E-state index >= 15 is 0 Å². The highest BCUT2D eigenvalue weighted by molar-refractivity contribution is 7.87. The summed E-state index contributed by atoms with van der Waals surface area (Å²) in [4.78, 5) is 63.9. The van der Waals surface area contributed by atoms with Crippen LogP contribution in [0.5, 0.6) is 0 Å². The molecule has 10 nitrogen and oxygen atoms in total. The number of ether oxygens (including phenoxy) is 2. The molecular weight excluding hydrogens is 690 g/mol. The zero-order chi connectivity index (χ0) is 37.0. The van der Waals surface area contributed by atoms with Crippen LogP contribution in [-0.4, -0.2) is 72.6 Å². The quantitative estimate of drug-likeness (QED) is 0.123. The minimum Gasteiger partial charge on any atom is -0.466 e. The topological polar surface area (TPSA) is 158 Å². The second-order valence-electron chi connectivity index (χ2n) is 14.7. The van der Waals surface area contributed by atoms with Crippen molar-refractivity contribution in [3.05, 3.63) is 0 Å². The Balaban J connectivity index is 1.27. The van der Waals surface area contributed by atoms with E-state index in [-0.39, 0.29) is 77.5 Å². The summed E-state index contributed by atoms with van der Waals surface area (Å²) in [5.41, 5.74) is -0.996. The van der Waals surface area contributed by atoms with E-state index in [9.17, 15) is 58.7 Å². The van der Waals surface area contributed by atoms with Gasteiger partial charge >= 0.3 is 29.0 Å². The standard InChI is InChI=1S/C32H42F6O10S/c1-17(6-9-26(43)47-12-4-5-25(42)48-16-30(31(33,34)35,32(36,37)38)49(44,45)46)20-7-8-21-27-22(15-24(41)29(20,21)3)28(2)11-10-19(39)13-18(28)14-23(27)40/h17-18,20-22,27H,4-16H2,1-3H3,(H,44,45,46). The summed E-state index contributed by atoms with van der Waals surface area (Å²) in [6.45, 7) is 2.78. The molecule has 0 aromatic heterocycles. The lowest BCUT2D eigenvalue weighted by molar-refractivity contribution is -0.277. The Bertz CT molecular complexity index is 1440. The lowest BCUT2D eigenvalue weighted by Crippen LogP contribution is -2.64. The number of hydrogen-bond acceptors (Lipinski definition) is 9. The van der Waals surface area contributed by atoms with Gasteiger partial charge in [-0.15, -0.1) is 0 Å². The summed E-state index contributed by atoms with van der Waals surface area (Å²) >= 11 is 0. The molecule has 0 heterocycles. The number of halogens is 6. The van der Waals surface area contributed by atoms with Gasteiger partial charge < -0.3 is 9.47 Å². The van der Waals surface area contributed by atoms with E-state index in [4.69, 9.17) is 9.29 Å². The normalized spacial score (nSPS) is 32.9. The van der Waals surface area contributed by atoms with E-state index in [1.807, 2.05) is 13.8 Å². The first-order valence-electron chi connectivity index (χ1n) is 16.4. The Morgan fingerprint density at radius 3 is 2.12 bits per heavy atom. The van der Waals surface area contributed by atoms with Crippen LogP contribution in [0.4, 0.5) is 26.3 Å². The molecule has 4 aliphatic rings. The fraction of sp³-hybridized carbons (Fsp3) is 0.844. The van der Waals surface area contributed by atoms with Crippen molar-refractivity contribution >= 4 is 39.4 Å². The SMILES string of the molecule is CC(CCC(=O)OCCCC(=O)OCC(C(F)(F)F)(C(F)(F)F)S(=O)(=O)O)C1CCC2C3C(=O)CC4CC(=O)CCC4(C)C3CC(=O)C12C. The summed E-state index contributed by atoms with van der Waals surface area (Å²) in [5.74, 6) is -2.67. The van der Waals surface area contributed by atoms with Gasteiger partial charge in [0.2, 0.25) is 0 Å². The van der Waals surface area contributed by atoms with Crippen molar-refractivity contribution < 1.29 is 72.8 Å². The third kappa shape index (κ3) is 6.90. The van der Waals surface area contributed by atoms with Crippen molar-refractivity contribution in [3.63, 3.8) is 0 Å². The summed E-state index contributed by atoms with van der Waals surface area (Å²) in [6, 6.07) is 0. The molecule has 0 bridgehead atoms. The number of carbonyl (C=O) groups excluding carboxylic acids is 5. The van der Waals surface area contributed by atoms with Gasteiger partial charge in [-0.3, -0.25) is 28.5 Å². The van der Waals surface area contributed by atoms with E-state index in [0.29, 0.717) is 44.9 Å². The fourth-order valence-electron chi connectivity index (χ4n) is 9.36. The van der Waals surface area contributed by atoms with Crippen LogP contribution in [0, 0.1) is 46.3 Å². The Kier molecular flexibility index (Phi) is 10.8. The maximum Gasteiger partial charge on any atom is 0.423 e. The van der Waals surface area contributed by atoms with Crippen LogP contribution in [0.15, 0.2) is 0 Å². The summed E-state index contributed by atoms with van der Waals surface area (Å²) in [7, 11) is -6.86. The van der Waals surface area contributed by atoms with Crippen molar-refractivity contribution in [2.45, 2.75) is 108 Å². The van der Waals surface area contributed by atoms with Crippen molar-refractivity contribution in [2.75, 3.05) is 13.2 Å². The number of carbonyl (C=O) groups is 5. The molecule has 0 aliphatic heterocycles. The number of ketones is 3. The zero-order valence-electron chi connectivity index (χ0n) is 27.5. The first-order chi connectivity index (χ1) is 22.4. The number of rotatable bonds is 11. The molecular formula is C32H42F6O10S. The fourth-order valence-corrected chi connectivity index (χ4v) is 10.1. The van der Waals surface area contributed by atoms with Crippen LogP contribution in [0.2, 0.25) is 0 Å². The van der Waals surface area contributed by atoms with Gasteiger partial charge in [0.1, 0.15) is 24.0 Å². The second kappa shape index (κ2) is 13.5. The zero-order valence-corrected chi connectivity index (χ0v) is 28.3. The first-order valence-corrected chi connectivity index (χ1v) is 17.8. The molecule has 8 atom stereocenters. The summed E-state index contributed by atoms with van der Waals surface area (Å²) < 4.78 is 113.